The molecule has 0 saturated heterocycles. The van der Waals surface area contributed by atoms with Crippen LogP contribution in [-0.4, -0.2) is 32.6 Å². The number of rotatable bonds is 7. The fraction of sp³-hybridized carbons (Fsp3) is 0.356. The second-order valence-corrected chi connectivity index (χ2v) is 39.4. The van der Waals surface area contributed by atoms with Crippen LogP contribution in [0.5, 0.6) is 11.5 Å². The second-order valence-electron chi connectivity index (χ2n) is 35.8. The summed E-state index contributed by atoms with van der Waals surface area (Å²) in [5, 5.41) is 7.16. The van der Waals surface area contributed by atoms with Crippen molar-refractivity contribution in [2.45, 2.75) is 132 Å². The predicted molar refractivity (Wildman–Crippen MR) is 441 cm³/mol. The maximum absolute atomic E-state index is 8.04. The van der Waals surface area contributed by atoms with Crippen LogP contribution in [0.4, 0.5) is 68.2 Å². The predicted octanol–water partition coefficient (Wildman–Crippen LogP) is 18.3. The summed E-state index contributed by atoms with van der Waals surface area (Å²) >= 11 is 7.87. The van der Waals surface area contributed by atoms with E-state index >= 15 is 0 Å². The van der Waals surface area contributed by atoms with Crippen molar-refractivity contribution in [2.24, 2.45) is 53.3 Å². The van der Waals surface area contributed by atoms with Crippen LogP contribution in [0.25, 0.3) is 20.2 Å². The molecule has 11 aromatic rings. The highest BCUT2D eigenvalue weighted by Gasteiger charge is 2.58. The van der Waals surface area contributed by atoms with E-state index in [0.717, 1.165) is 64.8 Å². The average molecular weight is 1410 g/mol. The molecule has 18 aliphatic rings. The number of fused-ring (bicyclic) bond motifs is 16. The SMILES string of the molecule is CSN1c2cc3c(cc2B2c4cc5c(cc4Oc4cc(C67CC8CC(CC(C8)C6)C7)cc1c42)N(SC)c1cc(C24CC6CC(CC(C6)C2)C4)cc2c1B5c1sc4ccccc4c1N2c1ccccc1)B1c2sc4ccccc4c2N(c2ccccc2)c2cc(C45CC6CC(CC(C6)C4)C5)cc(c21)N3. The summed E-state index contributed by atoms with van der Waals surface area (Å²) in [5.74, 6) is 9.63. The molecule has 12 saturated carbocycles. The number of benzene rings is 9. The quantitative estimate of drug-likeness (QED) is 0.125. The number of nitrogens with zero attached hydrogens (tertiary/aromatic N) is 4. The lowest BCUT2D eigenvalue weighted by atomic mass is 9.30. The number of hydrogen-bond donors (Lipinski definition) is 1. The van der Waals surface area contributed by atoms with Crippen molar-refractivity contribution in [3.05, 3.63) is 187 Å². The fourth-order valence-corrected chi connectivity index (χ4v) is 31.8. The van der Waals surface area contributed by atoms with Crippen molar-refractivity contribution in [3.63, 3.8) is 0 Å². The third-order valence-electron chi connectivity index (χ3n) is 30.2. The standard InChI is InChI=1S/C90H80B3N5OS4/c1-100-97-71-38-69-65(92-81-70(94-69)30-58(88-40-49-21-50(41-88)23-51(22-49)42-88)31-73(81)95(61-13-5-3-6-14-61)84-63-17-9-11-19-79(63)102-86(84)92)36-66(71)91-68-37-67-72(39-77(68)99-78-35-60(34-76(97)83(78)91)90-46-55-27-56(47-90)29-57(28-55)48-90)98(101-2)75-33-59(89-43-52-24-53(44-89)26-54(25-52)45-89)32-74-82(75)93(67)87-85(64-18-10-12-20-80(64)103-87)96(74)62-15-7-4-8-16-62/h3-20,30-39,49-57,94H,21-29,40-48H2,1-2H3. The number of thiophene rings is 2. The van der Waals surface area contributed by atoms with Gasteiger partial charge in [0.25, 0.3) is 20.1 Å². The molecule has 9 aromatic carbocycles. The van der Waals surface area contributed by atoms with Crippen molar-refractivity contribution >= 4 is 203 Å². The first-order valence-electron chi connectivity index (χ1n) is 39.4. The van der Waals surface area contributed by atoms with E-state index in [9.17, 15) is 0 Å². The van der Waals surface area contributed by atoms with Gasteiger partial charge < -0.3 is 19.9 Å². The van der Waals surface area contributed by atoms with Crippen molar-refractivity contribution < 1.29 is 4.74 Å². The van der Waals surface area contributed by atoms with Gasteiger partial charge in [-0.15, -0.1) is 22.7 Å². The smallest absolute Gasteiger partial charge is 0.264 e. The summed E-state index contributed by atoms with van der Waals surface area (Å²) in [6, 6.07) is 68.7. The van der Waals surface area contributed by atoms with E-state index in [1.807, 2.05) is 46.6 Å². The van der Waals surface area contributed by atoms with Gasteiger partial charge in [-0.3, -0.25) is 8.61 Å². The molecule has 12 bridgehead atoms. The van der Waals surface area contributed by atoms with Crippen molar-refractivity contribution in [2.75, 3.05) is 36.2 Å². The molecule has 12 fully saturated rings. The highest BCUT2D eigenvalue weighted by atomic mass is 32.2. The van der Waals surface area contributed by atoms with Gasteiger partial charge in [0.1, 0.15) is 11.5 Å². The van der Waals surface area contributed by atoms with E-state index < -0.39 is 0 Å². The van der Waals surface area contributed by atoms with Gasteiger partial charge in [-0.25, -0.2) is 0 Å². The molecule has 8 heterocycles. The normalized spacial score (nSPS) is 29.8. The largest absolute Gasteiger partial charge is 0.458 e. The molecule has 0 radical (unpaired) electrons. The highest BCUT2D eigenvalue weighted by Crippen LogP contribution is 2.66. The van der Waals surface area contributed by atoms with Gasteiger partial charge in [-0.2, -0.15) is 0 Å². The number of ether oxygens (including phenoxy) is 1. The first-order chi connectivity index (χ1) is 50.7. The third kappa shape index (κ3) is 7.84. The summed E-state index contributed by atoms with van der Waals surface area (Å²) in [7, 11) is 0. The van der Waals surface area contributed by atoms with Gasteiger partial charge in [0.2, 0.25) is 0 Å². The average Bonchev–Trinajstić information content (AvgIpc) is 1.67. The van der Waals surface area contributed by atoms with Gasteiger partial charge in [-0.05, 0) is 343 Å². The zero-order chi connectivity index (χ0) is 66.8. The van der Waals surface area contributed by atoms with E-state index in [4.69, 9.17) is 4.74 Å². The van der Waals surface area contributed by atoms with Gasteiger partial charge in [0, 0.05) is 88.1 Å². The molecule has 0 atom stereocenters. The highest BCUT2D eigenvalue weighted by molar-refractivity contribution is 8.00. The number of anilines is 12. The van der Waals surface area contributed by atoms with Crippen LogP contribution in [0.15, 0.2) is 170 Å². The maximum Gasteiger partial charge on any atom is 0.264 e. The Labute approximate surface area is 622 Å². The lowest BCUT2D eigenvalue weighted by Crippen LogP contribution is -2.65. The van der Waals surface area contributed by atoms with Crippen LogP contribution in [0.1, 0.15) is 132 Å². The van der Waals surface area contributed by atoms with Crippen LogP contribution in [-0.2, 0) is 16.2 Å². The van der Waals surface area contributed by atoms with Crippen LogP contribution >= 0.6 is 46.6 Å². The molecule has 2 aromatic heterocycles. The fourth-order valence-electron chi connectivity index (χ4n) is 27.8. The van der Waals surface area contributed by atoms with Crippen LogP contribution in [0.2, 0.25) is 0 Å². The Balaban J connectivity index is 0.721. The first-order valence-corrected chi connectivity index (χ1v) is 43.4. The van der Waals surface area contributed by atoms with Crippen molar-refractivity contribution in [3.8, 4) is 11.5 Å². The van der Waals surface area contributed by atoms with Gasteiger partial charge in [0.15, 0.2) is 0 Å². The van der Waals surface area contributed by atoms with E-state index in [1.54, 1.807) is 11.1 Å². The molecule has 12 aliphatic carbocycles. The minimum absolute atomic E-state index is 0.00344. The monoisotopic (exact) mass is 1410 g/mol. The summed E-state index contributed by atoms with van der Waals surface area (Å²) in [4.78, 5) is 5.45. The maximum atomic E-state index is 8.04. The number of hydrogen-bond acceptors (Lipinski definition) is 10. The van der Waals surface area contributed by atoms with Gasteiger partial charge in [0.05, 0.1) is 28.4 Å². The number of para-hydroxylation sites is 2. The molecule has 0 amide bonds. The summed E-state index contributed by atoms with van der Waals surface area (Å²) < 4.78 is 19.0. The minimum Gasteiger partial charge on any atom is -0.458 e. The zero-order valence-electron chi connectivity index (χ0n) is 58.7. The molecule has 6 aliphatic heterocycles. The topological polar surface area (TPSA) is 34.2 Å². The molecule has 504 valence electrons. The van der Waals surface area contributed by atoms with Crippen molar-refractivity contribution in [1.29, 1.82) is 0 Å². The van der Waals surface area contributed by atoms with Crippen molar-refractivity contribution in [1.82, 2.24) is 0 Å². The zero-order valence-corrected chi connectivity index (χ0v) is 61.9. The summed E-state index contributed by atoms with van der Waals surface area (Å²) in [5.41, 5.74) is 30.8. The molecule has 1 N–H and O–H groups in total. The van der Waals surface area contributed by atoms with E-state index in [2.05, 4.69) is 206 Å². The molecular formula is C90H80B3N5OS4. The first kappa shape index (κ1) is 58.8. The molecule has 6 nitrogen and oxygen atoms in total. The van der Waals surface area contributed by atoms with E-state index in [-0.39, 0.29) is 36.4 Å². The molecule has 13 heteroatoms. The van der Waals surface area contributed by atoms with Crippen LogP contribution in [0.3, 0.4) is 0 Å². The van der Waals surface area contributed by atoms with Crippen LogP contribution in [0, 0.1) is 53.3 Å². The van der Waals surface area contributed by atoms with E-state index in [1.165, 1.54) is 257 Å². The Morgan fingerprint density at radius 3 is 1.28 bits per heavy atom. The Hall–Kier alpha value is -7.41. The molecule has 0 spiro atoms. The summed E-state index contributed by atoms with van der Waals surface area (Å²) in [6.45, 7) is -0.0698. The number of nitrogens with one attached hydrogen (secondary N) is 1. The lowest BCUT2D eigenvalue weighted by Gasteiger charge is -2.57. The molecule has 0 unspecified atom stereocenters. The second kappa shape index (κ2) is 20.6. The summed E-state index contributed by atoms with van der Waals surface area (Å²) in [6.07, 6.45) is 29.5. The van der Waals surface area contributed by atoms with Gasteiger partial charge in [-0.1, -0.05) is 84.9 Å². The van der Waals surface area contributed by atoms with Gasteiger partial charge >= 0.3 is 0 Å². The van der Waals surface area contributed by atoms with E-state index in [0.29, 0.717) is 0 Å². The Morgan fingerprint density at radius 1 is 0.369 bits per heavy atom. The molecule has 103 heavy (non-hydrogen) atoms. The molecular weight excluding hydrogens is 1330 g/mol. The Bertz CT molecular complexity index is 5500. The Kier molecular flexibility index (Phi) is 11.8. The Morgan fingerprint density at radius 2 is 0.777 bits per heavy atom. The lowest BCUT2D eigenvalue weighted by molar-refractivity contribution is -0.00531. The molecule has 29 rings (SSSR count). The minimum atomic E-state index is -0.0906. The van der Waals surface area contributed by atoms with Crippen LogP contribution < -0.4 is 76.3 Å². The third-order valence-corrected chi connectivity index (χ3v) is 34.2.